The van der Waals surface area contributed by atoms with Crippen LogP contribution in [-0.4, -0.2) is 36.5 Å². The van der Waals surface area contributed by atoms with Crippen LogP contribution in [0.15, 0.2) is 72.8 Å². The minimum absolute atomic E-state index is 0. The molecule has 0 aliphatic rings. The largest absolute Gasteiger partial charge is 0.357 e. The first-order chi connectivity index (χ1) is 18.5. The normalized spacial score (nSPS) is 6.86. The first-order valence-electron chi connectivity index (χ1n) is 14.0. The Balaban J connectivity index is -0.0000000428. The SMILES string of the molecule is C.C.C.CC.CC(C)=O.CCC.CCC(C)=O.CCNC(=O)CC.CCNC(C)=O.c1ccccc1.c1ccccc1. The fourth-order valence-electron chi connectivity index (χ4n) is 1.34. The molecule has 0 heterocycles. The van der Waals surface area contributed by atoms with Crippen molar-refractivity contribution in [3.63, 3.8) is 0 Å². The molecule has 0 aliphatic carbocycles. The van der Waals surface area contributed by atoms with Crippen molar-refractivity contribution in [3.8, 4) is 0 Å². The number of ketones is 2. The number of Topliss-reactive ketones (excluding diaryl/α,β-unsaturated/α-hetero) is 2. The summed E-state index contributed by atoms with van der Waals surface area (Å²) >= 11 is 0. The highest BCUT2D eigenvalue weighted by molar-refractivity contribution is 5.75. The van der Waals surface area contributed by atoms with Crippen LogP contribution in [0.4, 0.5) is 0 Å². The van der Waals surface area contributed by atoms with E-state index in [1.54, 1.807) is 6.92 Å². The molecule has 42 heavy (non-hydrogen) atoms. The Hall–Kier alpha value is -3.28. The maximum atomic E-state index is 10.3. The highest BCUT2D eigenvalue weighted by Crippen LogP contribution is 1.80. The van der Waals surface area contributed by atoms with Gasteiger partial charge in [-0.2, -0.15) is 0 Å². The summed E-state index contributed by atoms with van der Waals surface area (Å²) in [4.78, 5) is 39.5. The summed E-state index contributed by atoms with van der Waals surface area (Å²) < 4.78 is 0. The van der Waals surface area contributed by atoms with Gasteiger partial charge in [-0.1, -0.05) is 143 Å². The molecule has 2 rings (SSSR count). The van der Waals surface area contributed by atoms with Crippen molar-refractivity contribution >= 4 is 23.4 Å². The molecule has 0 spiro atoms. The van der Waals surface area contributed by atoms with Crippen LogP contribution in [0.25, 0.3) is 0 Å². The Morgan fingerprint density at radius 1 is 0.476 bits per heavy atom. The molecule has 0 saturated heterocycles. The lowest BCUT2D eigenvalue weighted by Gasteiger charge is -1.93. The number of carbonyl (C=O) groups is 4. The number of hydrogen-bond donors (Lipinski definition) is 2. The molecule has 0 radical (unpaired) electrons. The zero-order valence-corrected chi connectivity index (χ0v) is 27.1. The summed E-state index contributed by atoms with van der Waals surface area (Å²) in [6, 6.07) is 24.0. The predicted molar refractivity (Wildman–Crippen MR) is 191 cm³/mol. The van der Waals surface area contributed by atoms with E-state index in [2.05, 4.69) is 24.5 Å². The van der Waals surface area contributed by atoms with Gasteiger partial charge in [-0.25, -0.2) is 0 Å². The second-order valence-electron chi connectivity index (χ2n) is 7.37. The lowest BCUT2D eigenvalue weighted by Crippen LogP contribution is -2.20. The maximum absolute atomic E-state index is 10.3. The highest BCUT2D eigenvalue weighted by atomic mass is 16.2. The van der Waals surface area contributed by atoms with E-state index in [-0.39, 0.29) is 45.7 Å². The smallest absolute Gasteiger partial charge is 0.219 e. The highest BCUT2D eigenvalue weighted by Gasteiger charge is 1.88. The monoisotopic (exact) mass is 597 g/mol. The third-order valence-corrected chi connectivity index (χ3v) is 2.95. The zero-order valence-electron chi connectivity index (χ0n) is 27.1. The lowest BCUT2D eigenvalue weighted by molar-refractivity contribution is -0.121. The minimum Gasteiger partial charge on any atom is -0.357 e. The Kier molecular flexibility index (Phi) is 98.3. The van der Waals surface area contributed by atoms with Crippen molar-refractivity contribution in [2.75, 3.05) is 13.1 Å². The van der Waals surface area contributed by atoms with E-state index < -0.39 is 0 Å². The van der Waals surface area contributed by atoms with Crippen molar-refractivity contribution in [2.24, 2.45) is 0 Å². The summed E-state index contributed by atoms with van der Waals surface area (Å²) in [5.74, 6) is 0.588. The van der Waals surface area contributed by atoms with Crippen LogP contribution in [0.5, 0.6) is 0 Å². The first kappa shape index (κ1) is 62.4. The van der Waals surface area contributed by atoms with Gasteiger partial charge in [0, 0.05) is 32.9 Å². The van der Waals surface area contributed by atoms with Gasteiger partial charge in [0.25, 0.3) is 0 Å². The molecule has 0 aromatic heterocycles. The van der Waals surface area contributed by atoms with E-state index >= 15 is 0 Å². The molecule has 250 valence electrons. The molecule has 6 nitrogen and oxygen atoms in total. The summed E-state index contributed by atoms with van der Waals surface area (Å²) in [5.41, 5.74) is 0. The number of rotatable bonds is 4. The summed E-state index contributed by atoms with van der Waals surface area (Å²) in [7, 11) is 0. The molecule has 2 amide bonds. The van der Waals surface area contributed by atoms with Crippen LogP contribution in [0.3, 0.4) is 0 Å². The summed E-state index contributed by atoms with van der Waals surface area (Å²) in [6.45, 7) is 23.4. The molecule has 0 saturated carbocycles. The Morgan fingerprint density at radius 3 is 0.714 bits per heavy atom. The summed E-state index contributed by atoms with van der Waals surface area (Å²) in [6.07, 6.45) is 2.51. The van der Waals surface area contributed by atoms with E-state index in [0.717, 1.165) is 13.1 Å². The second kappa shape index (κ2) is 66.2. The molecule has 0 bridgehead atoms. The average Bonchev–Trinajstić information content (AvgIpc) is 2.93. The van der Waals surface area contributed by atoms with E-state index in [9.17, 15) is 19.2 Å². The number of hydrogen-bond acceptors (Lipinski definition) is 4. The van der Waals surface area contributed by atoms with Crippen molar-refractivity contribution < 1.29 is 19.2 Å². The first-order valence-corrected chi connectivity index (χ1v) is 14.0. The third kappa shape index (κ3) is 134. The lowest BCUT2D eigenvalue weighted by atomic mass is 10.4. The van der Waals surface area contributed by atoms with Crippen LogP contribution in [0.2, 0.25) is 0 Å². The van der Waals surface area contributed by atoms with Crippen molar-refractivity contribution in [1.29, 1.82) is 0 Å². The maximum Gasteiger partial charge on any atom is 0.219 e. The Morgan fingerprint density at radius 2 is 0.667 bits per heavy atom. The molecule has 2 aromatic rings. The Labute approximate surface area is 263 Å². The topological polar surface area (TPSA) is 92.3 Å². The van der Waals surface area contributed by atoms with Crippen LogP contribution in [-0.2, 0) is 19.2 Å². The fraction of sp³-hybridized carbons (Fsp3) is 0.556. The van der Waals surface area contributed by atoms with E-state index in [4.69, 9.17) is 0 Å². The van der Waals surface area contributed by atoms with Crippen LogP contribution in [0, 0.1) is 0 Å². The van der Waals surface area contributed by atoms with Gasteiger partial charge in [-0.05, 0) is 34.6 Å². The molecule has 0 fully saturated rings. The van der Waals surface area contributed by atoms with Gasteiger partial charge < -0.3 is 20.2 Å². The molecule has 6 heteroatoms. The van der Waals surface area contributed by atoms with Gasteiger partial charge in [0.05, 0.1) is 0 Å². The van der Waals surface area contributed by atoms with Gasteiger partial charge >= 0.3 is 0 Å². The van der Waals surface area contributed by atoms with E-state index in [0.29, 0.717) is 12.8 Å². The summed E-state index contributed by atoms with van der Waals surface area (Å²) in [5, 5.41) is 5.23. The average molecular weight is 597 g/mol. The number of carbonyl (C=O) groups excluding carboxylic acids is 4. The minimum atomic E-state index is 0. The number of amides is 2. The van der Waals surface area contributed by atoms with Crippen LogP contribution < -0.4 is 10.6 Å². The number of nitrogens with one attached hydrogen (secondary N) is 2. The van der Waals surface area contributed by atoms with Gasteiger partial charge in [-0.3, -0.25) is 9.59 Å². The van der Waals surface area contributed by atoms with Gasteiger partial charge in [0.1, 0.15) is 11.6 Å². The van der Waals surface area contributed by atoms with Gasteiger partial charge in [-0.15, -0.1) is 0 Å². The predicted octanol–water partition coefficient (Wildman–Crippen LogP) is 9.98. The van der Waals surface area contributed by atoms with Crippen molar-refractivity contribution in [3.05, 3.63) is 72.8 Å². The van der Waals surface area contributed by atoms with Gasteiger partial charge in [0.2, 0.25) is 11.8 Å². The standard InChI is InChI=1S/2C6H6.C5H11NO.C4H9NO.C4H8O.C3H6O.C3H8.C2H6.3CH4/c2*1-2-4-6-5-3-1;1-3-5(7)6-4-2;1-3-5-4(2)6;1-3-4(2)5;1-3(2)4;1-3-2;1-2;;;/h2*1-6H;3-4H2,1-2H3,(H,6,7);3H2,1-2H3,(H,5,6);3H2,1-2H3;1-2H3;3H2,1-2H3;1-2H3;3*1H4. The van der Waals surface area contributed by atoms with E-state index in [1.807, 2.05) is 114 Å². The van der Waals surface area contributed by atoms with Gasteiger partial charge in [0.15, 0.2) is 0 Å². The second-order valence-corrected chi connectivity index (χ2v) is 7.37. The molecule has 2 aromatic carbocycles. The molecule has 0 atom stereocenters. The molecule has 2 N–H and O–H groups in total. The van der Waals surface area contributed by atoms with E-state index in [1.165, 1.54) is 27.2 Å². The van der Waals surface area contributed by atoms with Crippen LogP contribution >= 0.6 is 0 Å². The number of benzene rings is 2. The van der Waals surface area contributed by atoms with Crippen molar-refractivity contribution in [1.82, 2.24) is 10.6 Å². The quantitative estimate of drug-likeness (QED) is 0.367. The molecular weight excluding hydrogens is 524 g/mol. The molecule has 0 aliphatic heterocycles. The Bertz CT molecular complexity index is 618. The molecule has 0 unspecified atom stereocenters. The third-order valence-electron chi connectivity index (χ3n) is 2.95. The van der Waals surface area contributed by atoms with Crippen LogP contribution in [0.1, 0.15) is 125 Å². The fourth-order valence-corrected chi connectivity index (χ4v) is 1.34. The molecular formula is C36H72N2O4. The zero-order chi connectivity index (χ0) is 31.7. The van der Waals surface area contributed by atoms with Crippen molar-refractivity contribution in [2.45, 2.75) is 125 Å².